The summed E-state index contributed by atoms with van der Waals surface area (Å²) in [5.41, 5.74) is 1.96. The lowest BCUT2D eigenvalue weighted by Gasteiger charge is -2.42. The Kier molecular flexibility index (Phi) is 8.54. The lowest BCUT2D eigenvalue weighted by molar-refractivity contribution is -0.147. The van der Waals surface area contributed by atoms with Crippen LogP contribution < -0.4 is 18.9 Å². The van der Waals surface area contributed by atoms with Crippen molar-refractivity contribution < 1.29 is 33.3 Å². The van der Waals surface area contributed by atoms with Crippen molar-refractivity contribution in [2.75, 3.05) is 34.5 Å². The Labute approximate surface area is 246 Å². The molecule has 1 fully saturated rings. The number of carbonyl (C=O) groups is 2. The van der Waals surface area contributed by atoms with Crippen molar-refractivity contribution in [1.82, 2.24) is 4.90 Å². The van der Waals surface area contributed by atoms with Gasteiger partial charge in [0.05, 0.1) is 27.9 Å². The van der Waals surface area contributed by atoms with Crippen LogP contribution in [0.3, 0.4) is 0 Å². The van der Waals surface area contributed by atoms with E-state index in [4.69, 9.17) is 23.7 Å². The Balaban J connectivity index is 1.71. The molecule has 2 aliphatic heterocycles. The summed E-state index contributed by atoms with van der Waals surface area (Å²) < 4.78 is 28.0. The number of rotatable bonds is 9. The first-order valence-corrected chi connectivity index (χ1v) is 14.1. The molecule has 0 aromatic heterocycles. The summed E-state index contributed by atoms with van der Waals surface area (Å²) >= 11 is 0. The van der Waals surface area contributed by atoms with E-state index in [1.54, 1.807) is 40.4 Å². The van der Waals surface area contributed by atoms with Gasteiger partial charge in [0.1, 0.15) is 17.0 Å². The van der Waals surface area contributed by atoms with Gasteiger partial charge in [0.15, 0.2) is 11.5 Å². The lowest BCUT2D eigenvalue weighted by Crippen LogP contribution is -2.55. The van der Waals surface area contributed by atoms with Gasteiger partial charge < -0.3 is 23.7 Å². The number of esters is 2. The number of benzene rings is 3. The highest BCUT2D eigenvalue weighted by Crippen LogP contribution is 2.59. The molecule has 8 nitrogen and oxygen atoms in total. The van der Waals surface area contributed by atoms with Gasteiger partial charge in [0.2, 0.25) is 0 Å². The fourth-order valence-corrected chi connectivity index (χ4v) is 6.55. The van der Waals surface area contributed by atoms with E-state index >= 15 is 0 Å². The summed E-state index contributed by atoms with van der Waals surface area (Å²) in [4.78, 5) is 29.2. The molecule has 0 spiro atoms. The summed E-state index contributed by atoms with van der Waals surface area (Å²) in [6, 6.07) is 20.6. The molecule has 0 aliphatic carbocycles. The largest absolute Gasteiger partial charge is 0.497 e. The van der Waals surface area contributed by atoms with Gasteiger partial charge in [-0.2, -0.15) is 0 Å². The van der Waals surface area contributed by atoms with E-state index in [-0.39, 0.29) is 30.5 Å². The molecule has 8 heteroatoms. The molecule has 2 aliphatic rings. The highest BCUT2D eigenvalue weighted by Gasteiger charge is 2.62. The molecule has 42 heavy (non-hydrogen) atoms. The van der Waals surface area contributed by atoms with Crippen LogP contribution in [0.25, 0.3) is 0 Å². The zero-order valence-electron chi connectivity index (χ0n) is 24.7. The molecule has 0 saturated carbocycles. The summed E-state index contributed by atoms with van der Waals surface area (Å²) in [5.74, 6) is 0.971. The zero-order chi connectivity index (χ0) is 29.9. The molecule has 0 amide bonds. The molecule has 0 bridgehead atoms. The quantitative estimate of drug-likeness (QED) is 0.189. The van der Waals surface area contributed by atoms with Gasteiger partial charge in [-0.1, -0.05) is 36.4 Å². The predicted molar refractivity (Wildman–Crippen MR) is 158 cm³/mol. The van der Waals surface area contributed by atoms with Crippen molar-refractivity contribution in [2.24, 2.45) is 5.92 Å². The van der Waals surface area contributed by atoms with E-state index in [0.717, 1.165) is 16.7 Å². The number of fused-ring (bicyclic) bond motifs is 3. The molecule has 2 heterocycles. The number of carbonyl (C=O) groups excluding carboxylic acids is 2. The van der Waals surface area contributed by atoms with Crippen molar-refractivity contribution in [3.05, 3.63) is 95.6 Å². The van der Waals surface area contributed by atoms with Gasteiger partial charge in [-0.25, -0.2) is 9.59 Å². The van der Waals surface area contributed by atoms with Crippen molar-refractivity contribution >= 4 is 11.9 Å². The SMILES string of the molecule is CCOC(=O)/C=C/[C@@H]1[C@@H](c2ccc(OC)cc2)[C@](C)(C(=O)Oc2ccccc2)N2CCc3cc(OC)c(OC)cc3[C@@H]12. The average Bonchev–Trinajstić information content (AvgIpc) is 3.28. The van der Waals surface area contributed by atoms with Crippen molar-refractivity contribution in [3.8, 4) is 23.0 Å². The first-order valence-electron chi connectivity index (χ1n) is 14.1. The van der Waals surface area contributed by atoms with Gasteiger partial charge >= 0.3 is 11.9 Å². The minimum Gasteiger partial charge on any atom is -0.497 e. The van der Waals surface area contributed by atoms with Gasteiger partial charge in [-0.05, 0) is 73.4 Å². The third-order valence-corrected chi connectivity index (χ3v) is 8.46. The fourth-order valence-electron chi connectivity index (χ4n) is 6.55. The summed E-state index contributed by atoms with van der Waals surface area (Å²) in [7, 11) is 4.85. The summed E-state index contributed by atoms with van der Waals surface area (Å²) in [5, 5.41) is 0. The van der Waals surface area contributed by atoms with E-state index in [1.807, 2.05) is 67.6 Å². The Bertz CT molecular complexity index is 1450. The maximum atomic E-state index is 14.4. The second-order valence-corrected chi connectivity index (χ2v) is 10.6. The predicted octanol–water partition coefficient (Wildman–Crippen LogP) is 5.51. The van der Waals surface area contributed by atoms with Crippen molar-refractivity contribution in [2.45, 2.75) is 37.8 Å². The van der Waals surface area contributed by atoms with Crippen molar-refractivity contribution in [1.29, 1.82) is 0 Å². The second kappa shape index (κ2) is 12.3. The van der Waals surface area contributed by atoms with Crippen LogP contribution in [0.2, 0.25) is 0 Å². The smallest absolute Gasteiger partial charge is 0.332 e. The van der Waals surface area contributed by atoms with E-state index in [2.05, 4.69) is 4.90 Å². The minimum atomic E-state index is -1.09. The number of para-hydroxylation sites is 1. The van der Waals surface area contributed by atoms with Gasteiger partial charge in [-0.15, -0.1) is 0 Å². The molecule has 4 atom stereocenters. The molecule has 3 aromatic carbocycles. The standard InChI is InChI=1S/C34H37NO7/c1-6-41-30(36)17-16-26-31(22-12-14-24(38-3)15-13-22)34(2,33(37)42-25-10-8-7-9-11-25)35-19-18-23-20-28(39-4)29(40-5)21-27(23)32(26)35/h7-17,20-21,26,31-32H,6,18-19H2,1-5H3/b17-16+/t26-,31-,32-,34-/m1/s1. The molecule has 0 unspecified atom stereocenters. The van der Waals surface area contributed by atoms with E-state index in [9.17, 15) is 9.59 Å². The minimum absolute atomic E-state index is 0.264. The van der Waals surface area contributed by atoms with Crippen LogP contribution in [-0.2, 0) is 20.7 Å². The Morgan fingerprint density at radius 2 is 1.62 bits per heavy atom. The van der Waals surface area contributed by atoms with Crippen molar-refractivity contribution in [3.63, 3.8) is 0 Å². The second-order valence-electron chi connectivity index (χ2n) is 10.6. The number of hydrogen-bond acceptors (Lipinski definition) is 8. The molecule has 0 radical (unpaired) electrons. The van der Waals surface area contributed by atoms with Crippen LogP contribution in [-0.4, -0.2) is 56.9 Å². The van der Waals surface area contributed by atoms with Crippen LogP contribution in [0.15, 0.2) is 78.9 Å². The van der Waals surface area contributed by atoms with Crippen LogP contribution >= 0.6 is 0 Å². The summed E-state index contributed by atoms with van der Waals surface area (Å²) in [6.45, 7) is 4.59. The Morgan fingerprint density at radius 1 is 0.929 bits per heavy atom. The molecule has 1 saturated heterocycles. The molecule has 5 rings (SSSR count). The third-order valence-electron chi connectivity index (χ3n) is 8.46. The highest BCUT2D eigenvalue weighted by atomic mass is 16.5. The number of nitrogens with zero attached hydrogens (tertiary/aromatic N) is 1. The lowest BCUT2D eigenvalue weighted by atomic mass is 9.74. The van der Waals surface area contributed by atoms with Crippen LogP contribution in [0, 0.1) is 5.92 Å². The zero-order valence-corrected chi connectivity index (χ0v) is 24.7. The Hall–Kier alpha value is -4.30. The number of hydrogen-bond donors (Lipinski definition) is 0. The Morgan fingerprint density at radius 3 is 2.26 bits per heavy atom. The van der Waals surface area contributed by atoms with Gasteiger partial charge in [0, 0.05) is 30.5 Å². The number of ether oxygens (including phenoxy) is 5. The van der Waals surface area contributed by atoms with Gasteiger partial charge in [-0.3, -0.25) is 4.90 Å². The molecular formula is C34H37NO7. The third kappa shape index (κ3) is 5.23. The van der Waals surface area contributed by atoms with Gasteiger partial charge in [0.25, 0.3) is 0 Å². The fraction of sp³-hybridized carbons (Fsp3) is 0.353. The highest BCUT2D eigenvalue weighted by molar-refractivity contribution is 5.86. The van der Waals surface area contributed by atoms with Crippen LogP contribution in [0.5, 0.6) is 23.0 Å². The first-order chi connectivity index (χ1) is 20.3. The van der Waals surface area contributed by atoms with E-state index < -0.39 is 11.5 Å². The van der Waals surface area contributed by atoms with Crippen LogP contribution in [0.4, 0.5) is 0 Å². The van der Waals surface area contributed by atoms with E-state index in [0.29, 0.717) is 36.0 Å². The first kappa shape index (κ1) is 29.2. The molecule has 220 valence electrons. The normalized spacial score (nSPS) is 23.1. The molecule has 0 N–H and O–H groups in total. The maximum Gasteiger partial charge on any atom is 0.332 e. The molecule has 3 aromatic rings. The topological polar surface area (TPSA) is 83.5 Å². The van der Waals surface area contributed by atoms with E-state index in [1.165, 1.54) is 6.08 Å². The monoisotopic (exact) mass is 571 g/mol. The molecular weight excluding hydrogens is 534 g/mol. The summed E-state index contributed by atoms with van der Waals surface area (Å²) in [6.07, 6.45) is 4.06. The van der Waals surface area contributed by atoms with Crippen LogP contribution in [0.1, 0.15) is 42.5 Å². The number of methoxy groups -OCH3 is 3. The average molecular weight is 572 g/mol. The maximum absolute atomic E-state index is 14.4.